The Bertz CT molecular complexity index is 1080. The second-order valence-electron chi connectivity index (χ2n) is 7.71. The van der Waals surface area contributed by atoms with Crippen molar-refractivity contribution >= 4 is 27.7 Å². The van der Waals surface area contributed by atoms with Crippen LogP contribution in [0, 0.1) is 5.82 Å². The van der Waals surface area contributed by atoms with E-state index in [1.807, 2.05) is 0 Å². The highest BCUT2D eigenvalue weighted by atomic mass is 32.2. The number of methoxy groups -OCH3 is 1. The topological polar surface area (TPSA) is 99.3 Å². The molecular formula is C23H31FN4O5S. The van der Waals surface area contributed by atoms with Gasteiger partial charge in [0, 0.05) is 27.2 Å². The van der Waals surface area contributed by atoms with Crippen LogP contribution in [0.3, 0.4) is 0 Å². The van der Waals surface area contributed by atoms with Crippen LogP contribution in [0.2, 0.25) is 0 Å². The molecule has 34 heavy (non-hydrogen) atoms. The van der Waals surface area contributed by atoms with Gasteiger partial charge in [-0.2, -0.15) is 12.7 Å². The van der Waals surface area contributed by atoms with E-state index in [9.17, 15) is 22.4 Å². The van der Waals surface area contributed by atoms with Gasteiger partial charge in [-0.05, 0) is 55.8 Å². The quantitative estimate of drug-likeness (QED) is 0.515. The van der Waals surface area contributed by atoms with Crippen molar-refractivity contribution in [1.82, 2.24) is 14.5 Å². The van der Waals surface area contributed by atoms with Gasteiger partial charge in [-0.3, -0.25) is 9.59 Å². The first-order valence-electron chi connectivity index (χ1n) is 10.7. The fraction of sp³-hybridized carbons (Fsp3) is 0.391. The molecule has 2 amide bonds. The summed E-state index contributed by atoms with van der Waals surface area (Å²) in [5.41, 5.74) is 0.854. The summed E-state index contributed by atoms with van der Waals surface area (Å²) in [6, 6.07) is 10.9. The average molecular weight is 495 g/mol. The Hall–Kier alpha value is -3.18. The van der Waals surface area contributed by atoms with Gasteiger partial charge >= 0.3 is 10.2 Å². The number of benzene rings is 2. The Morgan fingerprint density at radius 1 is 1.06 bits per heavy atom. The molecule has 2 aromatic carbocycles. The number of carbonyl (C=O) groups excluding carboxylic acids is 2. The van der Waals surface area contributed by atoms with Crippen molar-refractivity contribution in [2.75, 3.05) is 38.6 Å². The Labute approximate surface area is 200 Å². The van der Waals surface area contributed by atoms with Gasteiger partial charge in [0.25, 0.3) is 0 Å². The maximum absolute atomic E-state index is 13.5. The molecule has 2 aromatic rings. The number of ether oxygens (including phenoxy) is 1. The maximum atomic E-state index is 13.5. The third kappa shape index (κ3) is 6.67. The van der Waals surface area contributed by atoms with E-state index in [0.717, 1.165) is 26.3 Å². The molecule has 0 aromatic heterocycles. The summed E-state index contributed by atoms with van der Waals surface area (Å²) in [4.78, 5) is 27.3. The number of anilines is 1. The van der Waals surface area contributed by atoms with E-state index in [1.165, 1.54) is 38.2 Å². The normalized spacial score (nSPS) is 12.2. The largest absolute Gasteiger partial charge is 0.497 e. The second-order valence-corrected chi connectivity index (χ2v) is 9.78. The van der Waals surface area contributed by atoms with Crippen molar-refractivity contribution < 1.29 is 27.1 Å². The minimum atomic E-state index is -4.09. The SMILES string of the molecule is CCNC(=O)C(C)N(Cc1ccc(OC)cc1)C(=O)CN(c1ccc(F)cc1)S(=O)(=O)N(C)C. The lowest BCUT2D eigenvalue weighted by molar-refractivity contribution is -0.139. The van der Waals surface area contributed by atoms with E-state index >= 15 is 0 Å². The number of rotatable bonds is 11. The third-order valence-electron chi connectivity index (χ3n) is 5.16. The summed E-state index contributed by atoms with van der Waals surface area (Å²) >= 11 is 0. The summed E-state index contributed by atoms with van der Waals surface area (Å²) in [7, 11) is 0.119. The van der Waals surface area contributed by atoms with Crippen LogP contribution in [-0.4, -0.2) is 69.8 Å². The first-order valence-corrected chi connectivity index (χ1v) is 12.1. The molecule has 0 bridgehead atoms. The van der Waals surface area contributed by atoms with Crippen molar-refractivity contribution in [2.24, 2.45) is 0 Å². The minimum Gasteiger partial charge on any atom is -0.497 e. The molecule has 1 N–H and O–H groups in total. The summed E-state index contributed by atoms with van der Waals surface area (Å²) < 4.78 is 46.5. The minimum absolute atomic E-state index is 0.0698. The van der Waals surface area contributed by atoms with Gasteiger partial charge in [-0.1, -0.05) is 12.1 Å². The van der Waals surface area contributed by atoms with Gasteiger partial charge in [0.15, 0.2) is 0 Å². The summed E-state index contributed by atoms with van der Waals surface area (Å²) in [5.74, 6) is -0.862. The second kappa shape index (κ2) is 11.8. The Balaban J connectivity index is 2.42. The number of hydrogen-bond donors (Lipinski definition) is 1. The van der Waals surface area contributed by atoms with E-state index in [1.54, 1.807) is 38.1 Å². The maximum Gasteiger partial charge on any atom is 0.304 e. The molecule has 0 heterocycles. The Kier molecular flexibility index (Phi) is 9.39. The lowest BCUT2D eigenvalue weighted by Gasteiger charge is -2.32. The predicted molar refractivity (Wildman–Crippen MR) is 128 cm³/mol. The van der Waals surface area contributed by atoms with Crippen LogP contribution in [0.25, 0.3) is 0 Å². The highest BCUT2D eigenvalue weighted by Crippen LogP contribution is 2.21. The molecule has 0 aliphatic heterocycles. The van der Waals surface area contributed by atoms with E-state index in [-0.39, 0.29) is 18.1 Å². The van der Waals surface area contributed by atoms with Crippen molar-refractivity contribution in [3.8, 4) is 5.75 Å². The molecule has 0 spiro atoms. The molecule has 9 nitrogen and oxygen atoms in total. The molecule has 0 aliphatic carbocycles. The molecule has 0 saturated heterocycles. The van der Waals surface area contributed by atoms with Crippen LogP contribution in [0.1, 0.15) is 19.4 Å². The van der Waals surface area contributed by atoms with Crippen LogP contribution < -0.4 is 14.4 Å². The third-order valence-corrected chi connectivity index (χ3v) is 6.98. The molecule has 1 unspecified atom stereocenters. The monoisotopic (exact) mass is 494 g/mol. The van der Waals surface area contributed by atoms with Gasteiger partial charge in [-0.25, -0.2) is 8.70 Å². The zero-order valence-electron chi connectivity index (χ0n) is 20.0. The summed E-state index contributed by atoms with van der Waals surface area (Å²) in [5, 5.41) is 2.69. The molecule has 0 aliphatic rings. The van der Waals surface area contributed by atoms with Crippen molar-refractivity contribution in [2.45, 2.75) is 26.4 Å². The first kappa shape index (κ1) is 27.1. The molecule has 0 fully saturated rings. The Morgan fingerprint density at radius 2 is 1.65 bits per heavy atom. The number of carbonyl (C=O) groups is 2. The van der Waals surface area contributed by atoms with E-state index in [2.05, 4.69) is 5.32 Å². The van der Waals surface area contributed by atoms with E-state index in [4.69, 9.17) is 4.74 Å². The van der Waals surface area contributed by atoms with Crippen LogP contribution in [0.15, 0.2) is 48.5 Å². The highest BCUT2D eigenvalue weighted by Gasteiger charge is 2.32. The lowest BCUT2D eigenvalue weighted by atomic mass is 10.1. The summed E-state index contributed by atoms with van der Waals surface area (Å²) in [6.45, 7) is 3.21. The number of nitrogens with zero attached hydrogens (tertiary/aromatic N) is 3. The predicted octanol–water partition coefficient (Wildman–Crippen LogP) is 2.00. The first-order chi connectivity index (χ1) is 16.0. The van der Waals surface area contributed by atoms with Crippen molar-refractivity contribution in [3.05, 3.63) is 59.9 Å². The van der Waals surface area contributed by atoms with E-state index in [0.29, 0.717) is 12.3 Å². The molecular weight excluding hydrogens is 463 g/mol. The molecule has 2 rings (SSSR count). The lowest BCUT2D eigenvalue weighted by Crippen LogP contribution is -2.52. The van der Waals surface area contributed by atoms with Gasteiger partial charge in [0.2, 0.25) is 11.8 Å². The molecule has 186 valence electrons. The van der Waals surface area contributed by atoms with Gasteiger partial charge in [-0.15, -0.1) is 0 Å². The number of likely N-dealkylation sites (N-methyl/N-ethyl adjacent to an activating group) is 1. The molecule has 11 heteroatoms. The number of amides is 2. The van der Waals surface area contributed by atoms with Crippen LogP contribution in [-0.2, 0) is 26.3 Å². The molecule has 0 radical (unpaired) electrons. The van der Waals surface area contributed by atoms with Gasteiger partial charge in [0.05, 0.1) is 12.8 Å². The zero-order chi connectivity index (χ0) is 25.5. The smallest absolute Gasteiger partial charge is 0.304 e. The van der Waals surface area contributed by atoms with Crippen LogP contribution in [0.4, 0.5) is 10.1 Å². The van der Waals surface area contributed by atoms with Crippen LogP contribution in [0.5, 0.6) is 5.75 Å². The zero-order valence-corrected chi connectivity index (χ0v) is 20.8. The highest BCUT2D eigenvalue weighted by molar-refractivity contribution is 7.90. The van der Waals surface area contributed by atoms with Crippen molar-refractivity contribution in [1.29, 1.82) is 0 Å². The number of halogens is 1. The average Bonchev–Trinajstić information content (AvgIpc) is 2.81. The number of nitrogens with one attached hydrogen (secondary N) is 1. The van der Waals surface area contributed by atoms with Gasteiger partial charge in [0.1, 0.15) is 24.2 Å². The number of hydrogen-bond acceptors (Lipinski definition) is 5. The van der Waals surface area contributed by atoms with Crippen LogP contribution >= 0.6 is 0 Å². The Morgan fingerprint density at radius 3 is 2.15 bits per heavy atom. The summed E-state index contributed by atoms with van der Waals surface area (Å²) in [6.07, 6.45) is 0. The molecule has 0 saturated carbocycles. The van der Waals surface area contributed by atoms with E-state index < -0.39 is 34.5 Å². The fourth-order valence-corrected chi connectivity index (χ4v) is 4.21. The fourth-order valence-electron chi connectivity index (χ4n) is 3.16. The van der Waals surface area contributed by atoms with Gasteiger partial charge < -0.3 is 15.0 Å². The van der Waals surface area contributed by atoms with Crippen molar-refractivity contribution in [3.63, 3.8) is 0 Å². The molecule has 1 atom stereocenters. The standard InChI is InChI=1S/C23H31FN4O5S/c1-6-25-23(30)17(2)27(15-18-7-13-21(33-5)14-8-18)22(29)16-28(34(31,32)26(3)4)20-11-9-19(24)10-12-20/h7-14,17H,6,15-16H2,1-5H3,(H,25,30).